The average molecular weight is 307 g/mol. The van der Waals surface area contributed by atoms with Crippen molar-refractivity contribution in [1.29, 1.82) is 0 Å². The summed E-state index contributed by atoms with van der Waals surface area (Å²) in [6.07, 6.45) is 1.71. The number of carbonyl (C=O) groups excluding carboxylic acids is 1. The number of aryl methyl sites for hydroxylation is 1. The SMILES string of the molecule is COC(=O)CCN(C)S(=O)(=O)NCc1ncc(C)s1. The number of methoxy groups -OCH3 is 1. The third-order valence-electron chi connectivity index (χ3n) is 2.34. The molecule has 1 aromatic heterocycles. The molecule has 1 aromatic rings. The van der Waals surface area contributed by atoms with Crippen LogP contribution < -0.4 is 4.72 Å². The van der Waals surface area contributed by atoms with Gasteiger partial charge in [-0.2, -0.15) is 17.4 Å². The minimum absolute atomic E-state index is 0.0181. The third-order valence-corrected chi connectivity index (χ3v) is 4.77. The molecule has 0 aliphatic carbocycles. The number of thiazole rings is 1. The lowest BCUT2D eigenvalue weighted by atomic mass is 10.4. The van der Waals surface area contributed by atoms with Gasteiger partial charge >= 0.3 is 5.97 Å². The van der Waals surface area contributed by atoms with E-state index in [2.05, 4.69) is 14.4 Å². The summed E-state index contributed by atoms with van der Waals surface area (Å²) in [6, 6.07) is 0. The smallest absolute Gasteiger partial charge is 0.306 e. The highest BCUT2D eigenvalue weighted by Crippen LogP contribution is 2.11. The molecule has 1 rings (SSSR count). The van der Waals surface area contributed by atoms with Crippen LogP contribution in [0.4, 0.5) is 0 Å². The average Bonchev–Trinajstić information content (AvgIpc) is 2.79. The molecule has 7 nitrogen and oxygen atoms in total. The molecule has 0 aliphatic heterocycles. The van der Waals surface area contributed by atoms with Crippen LogP contribution >= 0.6 is 11.3 Å². The third kappa shape index (κ3) is 5.23. The molecule has 0 fully saturated rings. The Labute approximate surface area is 116 Å². The minimum atomic E-state index is -3.61. The summed E-state index contributed by atoms with van der Waals surface area (Å²) in [5, 5.41) is 0.697. The van der Waals surface area contributed by atoms with Crippen LogP contribution in [0.3, 0.4) is 0 Å². The largest absolute Gasteiger partial charge is 0.469 e. The molecule has 0 aliphatic rings. The van der Waals surface area contributed by atoms with Crippen molar-refractivity contribution in [2.24, 2.45) is 0 Å². The van der Waals surface area contributed by atoms with Crippen molar-refractivity contribution in [3.8, 4) is 0 Å². The maximum Gasteiger partial charge on any atom is 0.306 e. The van der Waals surface area contributed by atoms with Gasteiger partial charge in [0.25, 0.3) is 10.2 Å². The summed E-state index contributed by atoms with van der Waals surface area (Å²) >= 11 is 1.43. The van der Waals surface area contributed by atoms with E-state index in [0.717, 1.165) is 9.18 Å². The predicted octanol–water partition coefficient (Wildman–Crippen LogP) is 0.281. The fourth-order valence-electron chi connectivity index (χ4n) is 1.22. The van der Waals surface area contributed by atoms with Gasteiger partial charge in [0, 0.05) is 24.7 Å². The normalized spacial score (nSPS) is 11.8. The number of aromatic nitrogens is 1. The Morgan fingerprint density at radius 3 is 2.79 bits per heavy atom. The standard InChI is InChI=1S/C10H17N3O4S2/c1-8-6-11-9(18-8)7-12-19(15,16)13(2)5-4-10(14)17-3/h6,12H,4-5,7H2,1-3H3. The van der Waals surface area contributed by atoms with E-state index >= 15 is 0 Å². The molecule has 0 unspecified atom stereocenters. The fraction of sp³-hybridized carbons (Fsp3) is 0.600. The van der Waals surface area contributed by atoms with Gasteiger partial charge in [-0.05, 0) is 6.92 Å². The van der Waals surface area contributed by atoms with Crippen LogP contribution in [0.25, 0.3) is 0 Å². The molecule has 19 heavy (non-hydrogen) atoms. The second-order valence-corrected chi connectivity index (χ2v) is 7.02. The van der Waals surface area contributed by atoms with Gasteiger partial charge in [0.05, 0.1) is 20.1 Å². The molecule has 1 heterocycles. The first-order valence-electron chi connectivity index (χ1n) is 5.54. The molecule has 0 radical (unpaired) electrons. The maximum atomic E-state index is 11.9. The Morgan fingerprint density at radius 1 is 1.58 bits per heavy atom. The Morgan fingerprint density at radius 2 is 2.26 bits per heavy atom. The Hall–Kier alpha value is -1.03. The topological polar surface area (TPSA) is 88.6 Å². The van der Waals surface area contributed by atoms with Crippen molar-refractivity contribution < 1.29 is 17.9 Å². The second kappa shape index (κ2) is 6.94. The van der Waals surface area contributed by atoms with E-state index in [1.165, 1.54) is 25.5 Å². The van der Waals surface area contributed by atoms with Gasteiger partial charge in [0.15, 0.2) is 0 Å². The number of esters is 1. The zero-order valence-electron chi connectivity index (χ0n) is 11.0. The lowest BCUT2D eigenvalue weighted by molar-refractivity contribution is -0.140. The Balaban J connectivity index is 2.48. The van der Waals surface area contributed by atoms with Crippen LogP contribution in [0.15, 0.2) is 6.20 Å². The summed E-state index contributed by atoms with van der Waals surface area (Å²) in [5.74, 6) is -0.447. The molecular weight excluding hydrogens is 290 g/mol. The molecule has 0 spiro atoms. The van der Waals surface area contributed by atoms with Crippen LogP contribution in [0, 0.1) is 6.92 Å². The van der Waals surface area contributed by atoms with E-state index in [-0.39, 0.29) is 19.5 Å². The number of nitrogens with one attached hydrogen (secondary N) is 1. The summed E-state index contributed by atoms with van der Waals surface area (Å²) in [4.78, 5) is 16.0. The first-order chi connectivity index (χ1) is 8.85. The lowest BCUT2D eigenvalue weighted by Gasteiger charge is -2.16. The summed E-state index contributed by atoms with van der Waals surface area (Å²) in [6.45, 7) is 2.11. The highest BCUT2D eigenvalue weighted by molar-refractivity contribution is 7.87. The lowest BCUT2D eigenvalue weighted by Crippen LogP contribution is -2.38. The predicted molar refractivity (Wildman–Crippen MR) is 71.9 cm³/mol. The Kier molecular flexibility index (Phi) is 5.85. The number of hydrogen-bond acceptors (Lipinski definition) is 6. The van der Waals surface area contributed by atoms with Crippen LogP contribution in [0.1, 0.15) is 16.3 Å². The van der Waals surface area contributed by atoms with Gasteiger partial charge < -0.3 is 4.74 Å². The molecule has 0 saturated carbocycles. The van der Waals surface area contributed by atoms with E-state index < -0.39 is 16.2 Å². The van der Waals surface area contributed by atoms with Gasteiger partial charge in [0.2, 0.25) is 0 Å². The Bertz CT molecular complexity index is 527. The van der Waals surface area contributed by atoms with Gasteiger partial charge in [-0.3, -0.25) is 4.79 Å². The van der Waals surface area contributed by atoms with Crippen molar-refractivity contribution in [2.75, 3.05) is 20.7 Å². The number of hydrogen-bond donors (Lipinski definition) is 1. The second-order valence-electron chi connectivity index (χ2n) is 3.84. The molecule has 9 heteroatoms. The zero-order chi connectivity index (χ0) is 14.5. The molecule has 1 N–H and O–H groups in total. The zero-order valence-corrected chi connectivity index (χ0v) is 12.7. The summed E-state index contributed by atoms with van der Waals surface area (Å²) in [7, 11) is -0.946. The minimum Gasteiger partial charge on any atom is -0.469 e. The van der Waals surface area contributed by atoms with E-state index in [1.54, 1.807) is 6.20 Å². The van der Waals surface area contributed by atoms with E-state index in [4.69, 9.17) is 0 Å². The van der Waals surface area contributed by atoms with E-state index in [9.17, 15) is 13.2 Å². The molecule has 108 valence electrons. The van der Waals surface area contributed by atoms with Crippen LogP contribution in [-0.2, 0) is 26.3 Å². The quantitative estimate of drug-likeness (QED) is 0.731. The molecule has 0 amide bonds. The van der Waals surface area contributed by atoms with Crippen molar-refractivity contribution in [1.82, 2.24) is 14.0 Å². The molecular formula is C10H17N3O4S2. The first-order valence-corrected chi connectivity index (χ1v) is 7.80. The van der Waals surface area contributed by atoms with Gasteiger partial charge in [-0.1, -0.05) is 0 Å². The van der Waals surface area contributed by atoms with Gasteiger partial charge in [0.1, 0.15) is 5.01 Å². The van der Waals surface area contributed by atoms with Crippen molar-refractivity contribution in [3.63, 3.8) is 0 Å². The van der Waals surface area contributed by atoms with Crippen LogP contribution in [0.5, 0.6) is 0 Å². The maximum absolute atomic E-state index is 11.9. The molecule has 0 atom stereocenters. The van der Waals surface area contributed by atoms with E-state index in [1.807, 2.05) is 6.92 Å². The summed E-state index contributed by atoms with van der Waals surface area (Å²) in [5.41, 5.74) is 0. The molecule has 0 bridgehead atoms. The number of carbonyl (C=O) groups is 1. The van der Waals surface area contributed by atoms with Crippen LogP contribution in [0.2, 0.25) is 0 Å². The number of ether oxygens (including phenoxy) is 1. The number of rotatable bonds is 7. The highest BCUT2D eigenvalue weighted by Gasteiger charge is 2.18. The highest BCUT2D eigenvalue weighted by atomic mass is 32.2. The first kappa shape index (κ1) is 16.0. The van der Waals surface area contributed by atoms with Crippen molar-refractivity contribution in [2.45, 2.75) is 19.9 Å². The van der Waals surface area contributed by atoms with Gasteiger partial charge in [-0.15, -0.1) is 11.3 Å². The van der Waals surface area contributed by atoms with E-state index in [0.29, 0.717) is 5.01 Å². The monoisotopic (exact) mass is 307 g/mol. The fourth-order valence-corrected chi connectivity index (χ4v) is 2.91. The molecule has 0 saturated heterocycles. The molecule has 0 aromatic carbocycles. The van der Waals surface area contributed by atoms with Gasteiger partial charge in [-0.25, -0.2) is 4.98 Å². The van der Waals surface area contributed by atoms with Crippen molar-refractivity contribution in [3.05, 3.63) is 16.1 Å². The summed E-state index contributed by atoms with van der Waals surface area (Å²) < 4.78 is 31.7. The van der Waals surface area contributed by atoms with Crippen molar-refractivity contribution >= 4 is 27.5 Å². The number of nitrogens with zero attached hydrogens (tertiary/aromatic N) is 2. The van der Waals surface area contributed by atoms with Crippen LogP contribution in [-0.4, -0.2) is 44.4 Å².